The third-order valence-electron chi connectivity index (χ3n) is 2.73. The molecule has 0 radical (unpaired) electrons. The zero-order chi connectivity index (χ0) is 14.7. The Bertz CT molecular complexity index is 639. The maximum absolute atomic E-state index is 12.3. The topological polar surface area (TPSA) is 64.3 Å². The normalized spacial score (nSPS) is 10.2. The summed E-state index contributed by atoms with van der Waals surface area (Å²) in [6, 6.07) is 10.6. The van der Waals surface area contributed by atoms with Crippen molar-refractivity contribution in [1.29, 1.82) is 0 Å². The minimum absolute atomic E-state index is 0.297. The Kier molecular flexibility index (Phi) is 4.67. The quantitative estimate of drug-likeness (QED) is 0.765. The summed E-state index contributed by atoms with van der Waals surface area (Å²) >= 11 is 6.79. The summed E-state index contributed by atoms with van der Waals surface area (Å²) < 4.78 is 6.67. The third kappa shape index (κ3) is 2.96. The smallest absolute Gasteiger partial charge is 0.257 e. The van der Waals surface area contributed by atoms with Crippen LogP contribution in [0.1, 0.15) is 10.4 Å². The molecule has 104 valence electrons. The molecular weight excluding hydrogens is 388 g/mol. The number of carbonyl (C=O) groups excluding carboxylic acids is 1. The van der Waals surface area contributed by atoms with Crippen molar-refractivity contribution in [2.24, 2.45) is 0 Å². The lowest BCUT2D eigenvalue weighted by Crippen LogP contribution is -2.15. The largest absolute Gasteiger partial charge is 0.495 e. The Balaban J connectivity index is 2.34. The first-order valence-corrected chi connectivity index (χ1v) is 7.31. The molecule has 0 aliphatic heterocycles. The number of para-hydroxylation sites is 2. The van der Waals surface area contributed by atoms with E-state index in [1.54, 1.807) is 18.2 Å². The molecule has 0 fully saturated rings. The molecule has 2 aromatic rings. The number of nitrogens with two attached hydrogens (primary N) is 1. The lowest BCUT2D eigenvalue weighted by Gasteiger charge is -2.12. The summed E-state index contributed by atoms with van der Waals surface area (Å²) in [7, 11) is 1.51. The molecule has 0 aliphatic carbocycles. The van der Waals surface area contributed by atoms with Gasteiger partial charge in [-0.15, -0.1) is 0 Å². The highest BCUT2D eigenvalue weighted by Crippen LogP contribution is 2.32. The van der Waals surface area contributed by atoms with Gasteiger partial charge in [-0.3, -0.25) is 4.79 Å². The average Bonchev–Trinajstić information content (AvgIpc) is 2.43. The van der Waals surface area contributed by atoms with Gasteiger partial charge in [0.1, 0.15) is 5.75 Å². The van der Waals surface area contributed by atoms with E-state index in [9.17, 15) is 4.79 Å². The van der Waals surface area contributed by atoms with Crippen LogP contribution in [0.25, 0.3) is 0 Å². The second-order valence-electron chi connectivity index (χ2n) is 3.97. The summed E-state index contributed by atoms with van der Waals surface area (Å²) in [6.07, 6.45) is 0. The van der Waals surface area contributed by atoms with Crippen LogP contribution in [0.15, 0.2) is 45.3 Å². The van der Waals surface area contributed by atoms with Crippen LogP contribution >= 0.6 is 31.9 Å². The van der Waals surface area contributed by atoms with E-state index in [1.165, 1.54) is 7.11 Å². The number of rotatable bonds is 3. The van der Waals surface area contributed by atoms with E-state index in [4.69, 9.17) is 10.5 Å². The minimum atomic E-state index is -0.297. The highest BCUT2D eigenvalue weighted by Gasteiger charge is 2.15. The van der Waals surface area contributed by atoms with Gasteiger partial charge in [-0.1, -0.05) is 12.1 Å². The van der Waals surface area contributed by atoms with Crippen molar-refractivity contribution in [3.8, 4) is 5.75 Å². The fraction of sp³-hybridized carbons (Fsp3) is 0.0714. The number of ether oxygens (including phenoxy) is 1. The molecule has 0 bridgehead atoms. The summed E-state index contributed by atoms with van der Waals surface area (Å²) in [5, 5.41) is 2.82. The molecule has 4 nitrogen and oxygen atoms in total. The van der Waals surface area contributed by atoms with Crippen molar-refractivity contribution in [1.82, 2.24) is 0 Å². The molecule has 0 unspecified atom stereocenters. The number of anilines is 2. The molecule has 0 aromatic heterocycles. The standard InChI is InChI=1S/C14H12Br2N2O2/c1-20-11-7-2-4-8(12(11)17)14(19)18-13-9(15)5-3-6-10(13)16/h2-7H,17H2,1H3,(H,18,19). The van der Waals surface area contributed by atoms with Crippen LogP contribution in [0.5, 0.6) is 5.75 Å². The van der Waals surface area contributed by atoms with Crippen LogP contribution in [0.3, 0.4) is 0 Å². The van der Waals surface area contributed by atoms with Gasteiger partial charge in [0, 0.05) is 8.95 Å². The number of methoxy groups -OCH3 is 1. The summed E-state index contributed by atoms with van der Waals surface area (Å²) in [4.78, 5) is 12.3. The number of benzene rings is 2. The first kappa shape index (κ1) is 14.9. The highest BCUT2D eigenvalue weighted by atomic mass is 79.9. The van der Waals surface area contributed by atoms with Gasteiger partial charge < -0.3 is 15.8 Å². The molecule has 20 heavy (non-hydrogen) atoms. The summed E-state index contributed by atoms with van der Waals surface area (Å²) in [6.45, 7) is 0. The molecule has 0 saturated carbocycles. The van der Waals surface area contributed by atoms with Crippen molar-refractivity contribution in [2.45, 2.75) is 0 Å². The molecule has 6 heteroatoms. The van der Waals surface area contributed by atoms with Gasteiger partial charge in [-0.25, -0.2) is 0 Å². The lowest BCUT2D eigenvalue weighted by atomic mass is 10.1. The average molecular weight is 400 g/mol. The first-order valence-electron chi connectivity index (χ1n) is 5.72. The molecule has 0 atom stereocenters. The summed E-state index contributed by atoms with van der Waals surface area (Å²) in [5.41, 5.74) is 7.25. The molecule has 3 N–H and O–H groups in total. The molecule has 0 aliphatic rings. The maximum Gasteiger partial charge on any atom is 0.257 e. The number of carbonyl (C=O) groups is 1. The van der Waals surface area contributed by atoms with Gasteiger partial charge in [-0.2, -0.15) is 0 Å². The van der Waals surface area contributed by atoms with Gasteiger partial charge in [0.25, 0.3) is 5.91 Å². The van der Waals surface area contributed by atoms with Crippen molar-refractivity contribution in [2.75, 3.05) is 18.2 Å². The Morgan fingerprint density at radius 1 is 1.15 bits per heavy atom. The van der Waals surface area contributed by atoms with Gasteiger partial charge >= 0.3 is 0 Å². The molecule has 2 aromatic carbocycles. The first-order chi connectivity index (χ1) is 9.54. The van der Waals surface area contributed by atoms with Crippen LogP contribution in [-0.2, 0) is 0 Å². The lowest BCUT2D eigenvalue weighted by molar-refractivity contribution is 0.102. The van der Waals surface area contributed by atoms with Crippen molar-refractivity contribution in [3.63, 3.8) is 0 Å². The zero-order valence-electron chi connectivity index (χ0n) is 10.6. The number of amides is 1. The molecule has 0 spiro atoms. The fourth-order valence-electron chi connectivity index (χ4n) is 1.72. The van der Waals surface area contributed by atoms with Gasteiger partial charge in [0.2, 0.25) is 0 Å². The van der Waals surface area contributed by atoms with E-state index in [0.717, 1.165) is 8.95 Å². The molecule has 0 heterocycles. The monoisotopic (exact) mass is 398 g/mol. The fourth-order valence-corrected chi connectivity index (χ4v) is 2.91. The van der Waals surface area contributed by atoms with Crippen molar-refractivity contribution >= 4 is 49.1 Å². The van der Waals surface area contributed by atoms with Crippen LogP contribution < -0.4 is 15.8 Å². The number of hydrogen-bond donors (Lipinski definition) is 2. The molecular formula is C14H12Br2N2O2. The summed E-state index contributed by atoms with van der Waals surface area (Å²) in [5.74, 6) is 0.179. The van der Waals surface area contributed by atoms with Crippen molar-refractivity contribution < 1.29 is 9.53 Å². The second-order valence-corrected chi connectivity index (χ2v) is 5.68. The third-order valence-corrected chi connectivity index (χ3v) is 4.05. The SMILES string of the molecule is COc1cccc(C(=O)Nc2c(Br)cccc2Br)c1N. The predicted octanol–water partition coefficient (Wildman–Crippen LogP) is 4.05. The molecule has 0 saturated heterocycles. The molecule has 1 amide bonds. The number of nitrogen functional groups attached to an aromatic ring is 1. The van der Waals surface area contributed by atoms with Gasteiger partial charge in [0.15, 0.2) is 0 Å². The van der Waals surface area contributed by atoms with Crippen molar-refractivity contribution in [3.05, 3.63) is 50.9 Å². The van der Waals surface area contributed by atoms with Crippen LogP contribution in [-0.4, -0.2) is 13.0 Å². The zero-order valence-corrected chi connectivity index (χ0v) is 13.8. The number of nitrogens with one attached hydrogen (secondary N) is 1. The number of halogens is 2. The Hall–Kier alpha value is -1.53. The second kappa shape index (κ2) is 6.28. The highest BCUT2D eigenvalue weighted by molar-refractivity contribution is 9.11. The van der Waals surface area contributed by atoms with E-state index >= 15 is 0 Å². The van der Waals surface area contributed by atoms with E-state index in [-0.39, 0.29) is 5.91 Å². The number of hydrogen-bond acceptors (Lipinski definition) is 3. The van der Waals surface area contributed by atoms with E-state index in [0.29, 0.717) is 22.7 Å². The maximum atomic E-state index is 12.3. The Morgan fingerprint density at radius 3 is 2.35 bits per heavy atom. The minimum Gasteiger partial charge on any atom is -0.495 e. The Labute approximate surface area is 133 Å². The predicted molar refractivity (Wildman–Crippen MR) is 87.2 cm³/mol. The Morgan fingerprint density at radius 2 is 1.75 bits per heavy atom. The van der Waals surface area contributed by atoms with Gasteiger partial charge in [-0.05, 0) is 56.1 Å². The van der Waals surface area contributed by atoms with Crippen LogP contribution in [0, 0.1) is 0 Å². The van der Waals surface area contributed by atoms with E-state index in [2.05, 4.69) is 37.2 Å². The van der Waals surface area contributed by atoms with E-state index < -0.39 is 0 Å². The van der Waals surface area contributed by atoms with E-state index in [1.807, 2.05) is 18.2 Å². The van der Waals surface area contributed by atoms with Crippen LogP contribution in [0.2, 0.25) is 0 Å². The van der Waals surface area contributed by atoms with Crippen LogP contribution in [0.4, 0.5) is 11.4 Å². The van der Waals surface area contributed by atoms with Gasteiger partial charge in [0.05, 0.1) is 24.0 Å². The molecule has 2 rings (SSSR count).